The first-order valence-corrected chi connectivity index (χ1v) is 10.5. The SMILES string of the molecule is O=C(OCC1c2ccccc2-c2ccccc21)N1CC(O)Cc2cc(Br)ccc21. The number of aliphatic hydroxyl groups is 1. The zero-order chi connectivity index (χ0) is 20.0. The van der Waals surface area contributed by atoms with Gasteiger partial charge in [-0.05, 0) is 46.0 Å². The molecule has 5 rings (SSSR count). The van der Waals surface area contributed by atoms with Crippen molar-refractivity contribution in [3.8, 4) is 11.1 Å². The lowest BCUT2D eigenvalue weighted by atomic mass is 9.98. The van der Waals surface area contributed by atoms with Crippen molar-refractivity contribution in [1.29, 1.82) is 0 Å². The molecule has 0 aromatic heterocycles. The van der Waals surface area contributed by atoms with E-state index in [2.05, 4.69) is 40.2 Å². The van der Waals surface area contributed by atoms with Crippen LogP contribution in [0.4, 0.5) is 10.5 Å². The Kier molecular flexibility index (Phi) is 4.64. The molecule has 4 nitrogen and oxygen atoms in total. The van der Waals surface area contributed by atoms with Crippen molar-refractivity contribution < 1.29 is 14.6 Å². The van der Waals surface area contributed by atoms with Crippen molar-refractivity contribution in [2.75, 3.05) is 18.1 Å². The summed E-state index contributed by atoms with van der Waals surface area (Å²) in [5, 5.41) is 10.2. The highest BCUT2D eigenvalue weighted by Crippen LogP contribution is 2.44. The Balaban J connectivity index is 1.39. The van der Waals surface area contributed by atoms with Crippen LogP contribution in [0.25, 0.3) is 11.1 Å². The maximum atomic E-state index is 13.0. The van der Waals surface area contributed by atoms with Crippen LogP contribution in [0.5, 0.6) is 0 Å². The fraction of sp³-hybridized carbons (Fsp3) is 0.208. The Morgan fingerprint density at radius 1 is 1.03 bits per heavy atom. The summed E-state index contributed by atoms with van der Waals surface area (Å²) in [6.45, 7) is 0.511. The van der Waals surface area contributed by atoms with E-state index in [0.717, 1.165) is 15.7 Å². The number of aliphatic hydroxyl groups excluding tert-OH is 1. The number of benzene rings is 3. The van der Waals surface area contributed by atoms with Crippen LogP contribution in [-0.4, -0.2) is 30.5 Å². The molecule has 0 fully saturated rings. The Hall–Kier alpha value is -2.63. The van der Waals surface area contributed by atoms with Crippen molar-refractivity contribution in [3.05, 3.63) is 87.9 Å². The molecule has 29 heavy (non-hydrogen) atoms. The van der Waals surface area contributed by atoms with Gasteiger partial charge in [0.25, 0.3) is 0 Å². The Labute approximate surface area is 177 Å². The number of carbonyl (C=O) groups excluding carboxylic acids is 1. The smallest absolute Gasteiger partial charge is 0.414 e. The van der Waals surface area contributed by atoms with E-state index >= 15 is 0 Å². The minimum absolute atomic E-state index is 0.0189. The molecule has 3 aromatic rings. The first kappa shape index (κ1) is 18.4. The molecule has 3 aromatic carbocycles. The van der Waals surface area contributed by atoms with Gasteiger partial charge in [-0.1, -0.05) is 64.5 Å². The van der Waals surface area contributed by atoms with Gasteiger partial charge in [-0.25, -0.2) is 4.79 Å². The van der Waals surface area contributed by atoms with Crippen LogP contribution in [0, 0.1) is 0 Å². The summed E-state index contributed by atoms with van der Waals surface area (Å²) in [4.78, 5) is 14.5. The van der Waals surface area contributed by atoms with Gasteiger partial charge in [-0.2, -0.15) is 0 Å². The van der Waals surface area contributed by atoms with E-state index in [4.69, 9.17) is 4.74 Å². The summed E-state index contributed by atoms with van der Waals surface area (Å²) in [5.41, 5.74) is 6.51. The number of halogens is 1. The quantitative estimate of drug-likeness (QED) is 0.590. The van der Waals surface area contributed by atoms with Gasteiger partial charge in [-0.15, -0.1) is 0 Å². The normalized spacial score (nSPS) is 17.4. The third kappa shape index (κ3) is 3.24. The summed E-state index contributed by atoms with van der Waals surface area (Å²) in [5.74, 6) is 0.0189. The predicted octanol–water partition coefficient (Wildman–Crippen LogP) is 5.12. The standard InChI is InChI=1S/C24H20BrNO3/c25-16-9-10-23-15(11-16)12-17(27)13-26(23)24(28)29-14-22-20-7-3-1-5-18(20)19-6-2-4-8-21(19)22/h1-11,17,22,27H,12-14H2. The van der Waals surface area contributed by atoms with Crippen LogP contribution in [0.2, 0.25) is 0 Å². The number of amides is 1. The Bertz CT molecular complexity index is 1050. The fourth-order valence-corrected chi connectivity index (χ4v) is 4.86. The molecule has 146 valence electrons. The highest BCUT2D eigenvalue weighted by atomic mass is 79.9. The second-order valence-electron chi connectivity index (χ2n) is 7.55. The first-order valence-electron chi connectivity index (χ1n) is 9.71. The van der Waals surface area contributed by atoms with Crippen molar-refractivity contribution in [2.24, 2.45) is 0 Å². The number of fused-ring (bicyclic) bond motifs is 4. The van der Waals surface area contributed by atoms with Crippen molar-refractivity contribution in [2.45, 2.75) is 18.4 Å². The van der Waals surface area contributed by atoms with E-state index in [9.17, 15) is 9.90 Å². The van der Waals surface area contributed by atoms with Gasteiger partial charge in [0, 0.05) is 16.8 Å². The van der Waals surface area contributed by atoms with Gasteiger partial charge < -0.3 is 9.84 Å². The molecule has 2 aliphatic rings. The Morgan fingerprint density at radius 3 is 2.38 bits per heavy atom. The minimum atomic E-state index is -0.600. The number of ether oxygens (including phenoxy) is 1. The molecule has 1 N–H and O–H groups in total. The van der Waals surface area contributed by atoms with Gasteiger partial charge in [0.05, 0.1) is 18.3 Å². The van der Waals surface area contributed by atoms with Crippen LogP contribution < -0.4 is 4.90 Å². The highest BCUT2D eigenvalue weighted by Gasteiger charge is 2.32. The molecule has 0 saturated heterocycles. The molecule has 5 heteroatoms. The van der Waals surface area contributed by atoms with E-state index in [-0.39, 0.29) is 19.1 Å². The average Bonchev–Trinajstić information content (AvgIpc) is 3.05. The molecule has 1 aliphatic carbocycles. The summed E-state index contributed by atoms with van der Waals surface area (Å²) in [6, 6.07) is 22.3. The molecule has 1 aliphatic heterocycles. The highest BCUT2D eigenvalue weighted by molar-refractivity contribution is 9.10. The molecule has 1 atom stereocenters. The molecule has 1 amide bonds. The summed E-state index contributed by atoms with van der Waals surface area (Å²) >= 11 is 3.46. The number of anilines is 1. The summed E-state index contributed by atoms with van der Waals surface area (Å²) in [7, 11) is 0. The molecular formula is C24H20BrNO3. The number of hydrogen-bond donors (Lipinski definition) is 1. The monoisotopic (exact) mass is 449 g/mol. The lowest BCUT2D eigenvalue weighted by molar-refractivity contribution is 0.136. The lowest BCUT2D eigenvalue weighted by Crippen LogP contribution is -2.43. The van der Waals surface area contributed by atoms with Crippen molar-refractivity contribution in [3.63, 3.8) is 0 Å². The van der Waals surface area contributed by atoms with Gasteiger partial charge in [-0.3, -0.25) is 4.90 Å². The lowest BCUT2D eigenvalue weighted by Gasteiger charge is -2.32. The van der Waals surface area contributed by atoms with Crippen LogP contribution in [0.1, 0.15) is 22.6 Å². The minimum Gasteiger partial charge on any atom is -0.448 e. The van der Waals surface area contributed by atoms with Crippen LogP contribution in [0.15, 0.2) is 71.2 Å². The maximum absolute atomic E-state index is 13.0. The van der Waals surface area contributed by atoms with Crippen molar-refractivity contribution in [1.82, 2.24) is 0 Å². The van der Waals surface area contributed by atoms with Gasteiger partial charge in [0.1, 0.15) is 6.61 Å². The number of β-amino-alcohol motifs (C(OH)–C–C–N with tert-alkyl or cyclic N) is 1. The molecule has 1 heterocycles. The van der Waals surface area contributed by atoms with E-state index in [1.165, 1.54) is 22.3 Å². The van der Waals surface area contributed by atoms with Gasteiger partial charge >= 0.3 is 6.09 Å². The molecular weight excluding hydrogens is 430 g/mol. The van der Waals surface area contributed by atoms with Crippen molar-refractivity contribution >= 4 is 27.7 Å². The maximum Gasteiger partial charge on any atom is 0.414 e. The van der Waals surface area contributed by atoms with Crippen LogP contribution >= 0.6 is 15.9 Å². The largest absolute Gasteiger partial charge is 0.448 e. The predicted molar refractivity (Wildman–Crippen MR) is 116 cm³/mol. The fourth-order valence-electron chi connectivity index (χ4n) is 4.45. The molecule has 0 saturated carbocycles. The van der Waals surface area contributed by atoms with Gasteiger partial charge in [0.2, 0.25) is 0 Å². The summed E-state index contributed by atoms with van der Waals surface area (Å²) in [6.07, 6.45) is -0.492. The first-order chi connectivity index (χ1) is 14.1. The van der Waals surface area contributed by atoms with E-state index in [1.807, 2.05) is 42.5 Å². The third-order valence-corrected chi connectivity index (χ3v) is 6.23. The van der Waals surface area contributed by atoms with Gasteiger partial charge in [0.15, 0.2) is 0 Å². The molecule has 0 spiro atoms. The Morgan fingerprint density at radius 2 is 1.69 bits per heavy atom. The van der Waals surface area contributed by atoms with Crippen LogP contribution in [-0.2, 0) is 11.2 Å². The number of carbonyl (C=O) groups is 1. The topological polar surface area (TPSA) is 49.8 Å². The number of nitrogens with zero attached hydrogens (tertiary/aromatic N) is 1. The van der Waals surface area contributed by atoms with Crippen LogP contribution in [0.3, 0.4) is 0 Å². The number of hydrogen-bond acceptors (Lipinski definition) is 3. The molecule has 0 bridgehead atoms. The van der Waals surface area contributed by atoms with E-state index in [0.29, 0.717) is 6.42 Å². The molecule has 0 radical (unpaired) electrons. The second-order valence-corrected chi connectivity index (χ2v) is 8.46. The average molecular weight is 450 g/mol. The zero-order valence-corrected chi connectivity index (χ0v) is 17.3. The van der Waals surface area contributed by atoms with E-state index < -0.39 is 12.2 Å². The van der Waals surface area contributed by atoms with E-state index in [1.54, 1.807) is 4.90 Å². The zero-order valence-electron chi connectivity index (χ0n) is 15.7. The summed E-state index contributed by atoms with van der Waals surface area (Å²) < 4.78 is 6.71. The number of rotatable bonds is 2. The third-order valence-electron chi connectivity index (χ3n) is 5.74. The molecule has 1 unspecified atom stereocenters. The second kappa shape index (κ2) is 7.32.